The highest BCUT2D eigenvalue weighted by atomic mass is 32.2. The molecule has 2 N–H and O–H groups in total. The van der Waals surface area contributed by atoms with E-state index in [0.717, 1.165) is 6.26 Å². The maximum atomic E-state index is 11.4. The summed E-state index contributed by atoms with van der Waals surface area (Å²) < 4.78 is 28.0. The molecule has 0 aromatic carbocycles. The van der Waals surface area contributed by atoms with Gasteiger partial charge in [-0.05, 0) is 19.8 Å². The summed E-state index contributed by atoms with van der Waals surface area (Å²) in [5.41, 5.74) is 5.89. The lowest BCUT2D eigenvalue weighted by atomic mass is 9.90. The predicted molar refractivity (Wildman–Crippen MR) is 68.8 cm³/mol. The molecule has 1 heterocycles. The average molecular weight is 275 g/mol. The Morgan fingerprint density at radius 2 is 1.78 bits per heavy atom. The molecule has 3 atom stereocenters. The van der Waals surface area contributed by atoms with Crippen LogP contribution in [0.3, 0.4) is 0 Å². The minimum Gasteiger partial charge on any atom is -0.339 e. The lowest BCUT2D eigenvalue weighted by Gasteiger charge is -2.20. The third-order valence-corrected chi connectivity index (χ3v) is 4.53. The van der Waals surface area contributed by atoms with E-state index in [1.165, 1.54) is 0 Å². The summed E-state index contributed by atoms with van der Waals surface area (Å²) in [5.74, 6) is 0.772. The number of aromatic nitrogens is 2. The molecule has 0 radical (unpaired) electrons. The standard InChI is InChI=1S/C11H21N3O3S/c1-6(2)9(7(3)12)11-13-10(14-17-11)8(4)18(5,15)16/h6-9H,12H2,1-5H3. The minimum atomic E-state index is -3.22. The zero-order chi connectivity index (χ0) is 14.1. The van der Waals surface area contributed by atoms with Crippen LogP contribution in [0.4, 0.5) is 0 Å². The molecule has 0 aliphatic carbocycles. The Morgan fingerprint density at radius 3 is 2.17 bits per heavy atom. The highest BCUT2D eigenvalue weighted by molar-refractivity contribution is 7.90. The van der Waals surface area contributed by atoms with E-state index in [1.807, 2.05) is 20.8 Å². The van der Waals surface area contributed by atoms with Gasteiger partial charge >= 0.3 is 0 Å². The number of nitrogens with zero attached hydrogens (tertiary/aromatic N) is 2. The summed E-state index contributed by atoms with van der Waals surface area (Å²) in [4.78, 5) is 4.18. The molecule has 1 aromatic heterocycles. The molecule has 0 amide bonds. The van der Waals surface area contributed by atoms with Gasteiger partial charge in [0.05, 0.1) is 5.92 Å². The van der Waals surface area contributed by atoms with Gasteiger partial charge in [0.2, 0.25) is 5.89 Å². The predicted octanol–water partition coefficient (Wildman–Crippen LogP) is 1.26. The normalized spacial score (nSPS) is 17.7. The van der Waals surface area contributed by atoms with Gasteiger partial charge in [0.15, 0.2) is 15.7 Å². The van der Waals surface area contributed by atoms with Crippen LogP contribution in [0, 0.1) is 5.92 Å². The van der Waals surface area contributed by atoms with Gasteiger partial charge in [0.1, 0.15) is 5.25 Å². The van der Waals surface area contributed by atoms with Crippen molar-refractivity contribution in [2.24, 2.45) is 11.7 Å². The van der Waals surface area contributed by atoms with Gasteiger partial charge in [0, 0.05) is 12.3 Å². The van der Waals surface area contributed by atoms with Crippen LogP contribution in [0.1, 0.15) is 50.6 Å². The molecule has 0 aliphatic rings. The Labute approximate surface area is 108 Å². The number of nitrogens with two attached hydrogens (primary N) is 1. The molecular weight excluding hydrogens is 254 g/mol. The third-order valence-electron chi connectivity index (χ3n) is 3.03. The van der Waals surface area contributed by atoms with E-state index in [2.05, 4.69) is 10.1 Å². The summed E-state index contributed by atoms with van der Waals surface area (Å²) in [6.07, 6.45) is 1.15. The van der Waals surface area contributed by atoms with E-state index >= 15 is 0 Å². The molecule has 1 rings (SSSR count). The molecule has 104 valence electrons. The van der Waals surface area contributed by atoms with E-state index < -0.39 is 15.1 Å². The van der Waals surface area contributed by atoms with Crippen LogP contribution in [-0.4, -0.2) is 30.9 Å². The average Bonchev–Trinajstić information content (AvgIpc) is 2.62. The van der Waals surface area contributed by atoms with Crippen LogP contribution >= 0.6 is 0 Å². The van der Waals surface area contributed by atoms with Crippen molar-refractivity contribution in [3.05, 3.63) is 11.7 Å². The first kappa shape index (κ1) is 15.1. The Bertz CT molecular complexity index is 485. The van der Waals surface area contributed by atoms with E-state index in [4.69, 9.17) is 10.3 Å². The van der Waals surface area contributed by atoms with Gasteiger partial charge < -0.3 is 10.3 Å². The molecule has 7 heteroatoms. The fraction of sp³-hybridized carbons (Fsp3) is 0.818. The zero-order valence-electron chi connectivity index (χ0n) is 11.4. The van der Waals surface area contributed by atoms with Gasteiger partial charge in [-0.15, -0.1) is 0 Å². The van der Waals surface area contributed by atoms with E-state index in [-0.39, 0.29) is 23.7 Å². The summed E-state index contributed by atoms with van der Waals surface area (Å²) in [6.45, 7) is 7.44. The molecule has 0 spiro atoms. The number of hydrogen-bond acceptors (Lipinski definition) is 6. The number of sulfone groups is 1. The van der Waals surface area contributed by atoms with Crippen molar-refractivity contribution in [2.75, 3.05) is 6.26 Å². The molecule has 1 aromatic rings. The van der Waals surface area contributed by atoms with Gasteiger partial charge in [-0.25, -0.2) is 8.42 Å². The Morgan fingerprint density at radius 1 is 1.22 bits per heavy atom. The van der Waals surface area contributed by atoms with E-state index in [0.29, 0.717) is 5.89 Å². The second-order valence-corrected chi connectivity index (χ2v) is 7.46. The Kier molecular flexibility index (Phi) is 4.50. The SMILES string of the molecule is CC(C)C(c1nc(C(C)S(C)(=O)=O)no1)C(C)N. The quantitative estimate of drug-likeness (QED) is 0.868. The monoisotopic (exact) mass is 275 g/mol. The van der Waals surface area contributed by atoms with Crippen molar-refractivity contribution in [3.63, 3.8) is 0 Å². The van der Waals surface area contributed by atoms with Crippen LogP contribution in [0.25, 0.3) is 0 Å². The van der Waals surface area contributed by atoms with Gasteiger partial charge in [0.25, 0.3) is 0 Å². The molecule has 0 aliphatic heterocycles. The van der Waals surface area contributed by atoms with Crippen LogP contribution in [0.2, 0.25) is 0 Å². The second kappa shape index (κ2) is 5.36. The fourth-order valence-corrected chi connectivity index (χ4v) is 2.34. The first-order valence-corrected chi connectivity index (χ1v) is 7.88. The number of hydrogen-bond donors (Lipinski definition) is 1. The zero-order valence-corrected chi connectivity index (χ0v) is 12.2. The summed E-state index contributed by atoms with van der Waals surface area (Å²) in [7, 11) is -3.22. The number of rotatable bonds is 5. The van der Waals surface area contributed by atoms with Crippen molar-refractivity contribution in [2.45, 2.75) is 44.9 Å². The first-order valence-electron chi connectivity index (χ1n) is 5.92. The molecule has 0 saturated heterocycles. The van der Waals surface area contributed by atoms with Crippen LogP contribution in [0.15, 0.2) is 4.52 Å². The molecule has 3 unspecified atom stereocenters. The molecule has 6 nitrogen and oxygen atoms in total. The summed E-state index contributed by atoms with van der Waals surface area (Å²) >= 11 is 0. The largest absolute Gasteiger partial charge is 0.339 e. The molecule has 0 saturated carbocycles. The lowest BCUT2D eigenvalue weighted by molar-refractivity contribution is 0.298. The van der Waals surface area contributed by atoms with Crippen molar-refractivity contribution >= 4 is 9.84 Å². The molecule has 0 bridgehead atoms. The summed E-state index contributed by atoms with van der Waals surface area (Å²) in [6, 6.07) is -0.133. The van der Waals surface area contributed by atoms with Crippen molar-refractivity contribution < 1.29 is 12.9 Å². The second-order valence-electron chi connectivity index (χ2n) is 5.09. The van der Waals surface area contributed by atoms with Crippen LogP contribution in [0.5, 0.6) is 0 Å². The fourth-order valence-electron chi connectivity index (χ4n) is 1.86. The third kappa shape index (κ3) is 3.29. The summed E-state index contributed by atoms with van der Waals surface area (Å²) in [5, 5.41) is 2.98. The molecular formula is C11H21N3O3S. The highest BCUT2D eigenvalue weighted by Crippen LogP contribution is 2.27. The molecule has 18 heavy (non-hydrogen) atoms. The Hall–Kier alpha value is -0.950. The van der Waals surface area contributed by atoms with Gasteiger partial charge in [-0.2, -0.15) is 4.98 Å². The topological polar surface area (TPSA) is 99.1 Å². The van der Waals surface area contributed by atoms with Gasteiger partial charge in [-0.3, -0.25) is 0 Å². The molecule has 0 fully saturated rings. The van der Waals surface area contributed by atoms with Crippen LogP contribution in [-0.2, 0) is 9.84 Å². The Balaban J connectivity index is 3.06. The van der Waals surface area contributed by atoms with Crippen LogP contribution < -0.4 is 5.73 Å². The van der Waals surface area contributed by atoms with E-state index in [1.54, 1.807) is 6.92 Å². The lowest BCUT2D eigenvalue weighted by Crippen LogP contribution is -2.28. The van der Waals surface area contributed by atoms with Gasteiger partial charge in [-0.1, -0.05) is 19.0 Å². The highest BCUT2D eigenvalue weighted by Gasteiger charge is 2.29. The minimum absolute atomic E-state index is 0.0713. The first-order chi connectivity index (χ1) is 8.14. The van der Waals surface area contributed by atoms with E-state index in [9.17, 15) is 8.42 Å². The maximum absolute atomic E-state index is 11.4. The van der Waals surface area contributed by atoms with Crippen molar-refractivity contribution in [1.82, 2.24) is 10.1 Å². The smallest absolute Gasteiger partial charge is 0.231 e. The van der Waals surface area contributed by atoms with Crippen molar-refractivity contribution in [3.8, 4) is 0 Å². The van der Waals surface area contributed by atoms with Crippen molar-refractivity contribution in [1.29, 1.82) is 0 Å². The maximum Gasteiger partial charge on any atom is 0.231 e.